The average Bonchev–Trinajstić information content (AvgIpc) is 3.26. The summed E-state index contributed by atoms with van der Waals surface area (Å²) in [6, 6.07) is 4.04. The zero-order valence-corrected chi connectivity index (χ0v) is 24.1. The highest BCUT2D eigenvalue weighted by Gasteiger charge is 2.51. The van der Waals surface area contributed by atoms with Gasteiger partial charge < -0.3 is 19.5 Å². The van der Waals surface area contributed by atoms with Gasteiger partial charge in [0.05, 0.1) is 18.3 Å². The number of nitrogens with zero attached hydrogens (tertiary/aromatic N) is 3. The molecule has 0 unspecified atom stereocenters. The molecule has 2 amide bonds. The van der Waals surface area contributed by atoms with Gasteiger partial charge >= 0.3 is 12.3 Å². The number of nitrogens with one attached hydrogen (secondary N) is 2. The maximum absolute atomic E-state index is 13.6. The Balaban J connectivity index is 0.00000103. The molecule has 0 fully saturated rings. The molecular formula is C24H34F3N5O7S. The smallest absolute Gasteiger partial charge is 0.427 e. The quantitative estimate of drug-likeness (QED) is 0.492. The first-order valence-electron chi connectivity index (χ1n) is 12.2. The van der Waals surface area contributed by atoms with Crippen molar-refractivity contribution >= 4 is 33.4 Å². The second-order valence-corrected chi connectivity index (χ2v) is 11.1. The van der Waals surface area contributed by atoms with Crippen molar-refractivity contribution in [3.05, 3.63) is 24.4 Å². The highest BCUT2D eigenvalue weighted by atomic mass is 32.2. The molecule has 0 radical (unpaired) electrons. The minimum atomic E-state index is -4.78. The molecule has 224 valence electrons. The summed E-state index contributed by atoms with van der Waals surface area (Å²) in [5, 5.41) is 8.78. The van der Waals surface area contributed by atoms with E-state index in [1.54, 1.807) is 27.8 Å². The largest absolute Gasteiger partial charge is 0.489 e. The lowest BCUT2D eigenvalue weighted by Gasteiger charge is -2.31. The predicted octanol–water partition coefficient (Wildman–Crippen LogP) is 3.92. The molecule has 1 aliphatic rings. The van der Waals surface area contributed by atoms with Crippen LogP contribution in [0.2, 0.25) is 0 Å². The molecule has 0 aliphatic carbocycles. The van der Waals surface area contributed by atoms with Crippen molar-refractivity contribution < 1.29 is 45.4 Å². The van der Waals surface area contributed by atoms with E-state index in [0.29, 0.717) is 6.54 Å². The van der Waals surface area contributed by atoms with Gasteiger partial charge in [-0.3, -0.25) is 19.1 Å². The van der Waals surface area contributed by atoms with Crippen molar-refractivity contribution in [2.75, 3.05) is 29.8 Å². The second kappa shape index (κ2) is 12.7. The van der Waals surface area contributed by atoms with Crippen LogP contribution in [-0.4, -0.2) is 68.3 Å². The van der Waals surface area contributed by atoms with E-state index in [1.807, 2.05) is 0 Å². The fraction of sp³-hybridized carbons (Fsp3) is 0.542. The lowest BCUT2D eigenvalue weighted by atomic mass is 10.1. The van der Waals surface area contributed by atoms with E-state index in [-0.39, 0.29) is 53.1 Å². The molecule has 40 heavy (non-hydrogen) atoms. The Morgan fingerprint density at radius 1 is 1.23 bits per heavy atom. The molecule has 16 heteroatoms. The lowest BCUT2D eigenvalue weighted by molar-refractivity contribution is -0.242. The van der Waals surface area contributed by atoms with Crippen molar-refractivity contribution in [1.29, 1.82) is 0 Å². The van der Waals surface area contributed by atoms with E-state index >= 15 is 0 Å². The first kappa shape index (κ1) is 32.5. The number of halogens is 3. The predicted molar refractivity (Wildman–Crippen MR) is 140 cm³/mol. The minimum absolute atomic E-state index is 0.00463. The number of sulfonamides is 1. The zero-order chi connectivity index (χ0) is 30.5. The lowest BCUT2D eigenvalue weighted by Crippen LogP contribution is -2.44. The van der Waals surface area contributed by atoms with Gasteiger partial charge in [-0.15, -0.1) is 5.10 Å². The van der Waals surface area contributed by atoms with Gasteiger partial charge in [-0.05, 0) is 52.8 Å². The van der Waals surface area contributed by atoms with Crippen molar-refractivity contribution in [3.8, 4) is 11.6 Å². The number of alkyl halides is 3. The van der Waals surface area contributed by atoms with Crippen LogP contribution in [-0.2, 0) is 26.1 Å². The van der Waals surface area contributed by atoms with Gasteiger partial charge in [0.25, 0.3) is 15.9 Å². The number of hydrogen-bond donors (Lipinski definition) is 2. The maximum Gasteiger partial charge on any atom is 0.427 e. The molecule has 2 heterocycles. The van der Waals surface area contributed by atoms with Gasteiger partial charge in [0.2, 0.25) is 11.5 Å². The molecule has 0 saturated carbocycles. The minimum Gasteiger partial charge on any atom is -0.489 e. The van der Waals surface area contributed by atoms with Crippen molar-refractivity contribution in [2.45, 2.75) is 70.9 Å². The van der Waals surface area contributed by atoms with Gasteiger partial charge in [-0.25, -0.2) is 13.2 Å². The highest BCUT2D eigenvalue weighted by Crippen LogP contribution is 2.39. The molecule has 0 spiro atoms. The number of rotatable bonds is 7. The molecule has 0 saturated heterocycles. The van der Waals surface area contributed by atoms with Gasteiger partial charge in [0.1, 0.15) is 12.4 Å². The first-order valence-corrected chi connectivity index (χ1v) is 13.7. The molecular weight excluding hydrogens is 559 g/mol. The molecule has 3 rings (SSSR count). The van der Waals surface area contributed by atoms with Crippen LogP contribution in [0, 0.1) is 0 Å². The Morgan fingerprint density at radius 2 is 1.85 bits per heavy atom. The van der Waals surface area contributed by atoms with Crippen LogP contribution in [0.25, 0.3) is 0 Å². The summed E-state index contributed by atoms with van der Waals surface area (Å²) in [4.78, 5) is 21.7. The molecule has 1 aliphatic heterocycles. The number of hydrogen-bond acceptors (Lipinski definition) is 8. The number of aryl methyl sites for hydroxylation is 1. The van der Waals surface area contributed by atoms with Crippen LogP contribution >= 0.6 is 0 Å². The standard InChI is InChI=1S/C21H27F3N4O6S.C3H7NO/c1-6-27-12-17(18(26-27)33-13(2)3)35(30,31)28-9-10-32-16-8-7-14(11-15(16)28)25-19(29)34-20(4,5)21(22,23)24;1-3(5)4-2/h7-8,11-13H,6,9-10H2,1-5H3,(H,25,29);1-2H3,(H,4,5). The van der Waals surface area contributed by atoms with Gasteiger partial charge in [0, 0.05) is 32.4 Å². The van der Waals surface area contributed by atoms with Crippen molar-refractivity contribution in [1.82, 2.24) is 15.1 Å². The number of fused-ring (bicyclic) bond motifs is 1. The third kappa shape index (κ3) is 7.92. The maximum atomic E-state index is 13.6. The fourth-order valence-corrected chi connectivity index (χ4v) is 4.62. The highest BCUT2D eigenvalue weighted by molar-refractivity contribution is 7.93. The number of aromatic nitrogens is 2. The Morgan fingerprint density at radius 3 is 2.38 bits per heavy atom. The Labute approximate surface area is 230 Å². The summed E-state index contributed by atoms with van der Waals surface area (Å²) in [6.07, 6.45) is -5.10. The van der Waals surface area contributed by atoms with Crippen LogP contribution in [0.1, 0.15) is 41.5 Å². The van der Waals surface area contributed by atoms with Crippen LogP contribution in [0.5, 0.6) is 11.6 Å². The average molecular weight is 594 g/mol. The third-order valence-corrected chi connectivity index (χ3v) is 7.14. The summed E-state index contributed by atoms with van der Waals surface area (Å²) >= 11 is 0. The van der Waals surface area contributed by atoms with Crippen molar-refractivity contribution in [3.63, 3.8) is 0 Å². The number of amides is 2. The number of carbonyl (C=O) groups excluding carboxylic acids is 2. The molecule has 12 nitrogen and oxygen atoms in total. The topological polar surface area (TPSA) is 141 Å². The van der Waals surface area contributed by atoms with Crippen molar-refractivity contribution in [2.24, 2.45) is 0 Å². The third-order valence-electron chi connectivity index (χ3n) is 5.34. The fourth-order valence-electron chi connectivity index (χ4n) is 3.10. The van der Waals surface area contributed by atoms with Gasteiger partial charge in [-0.1, -0.05) is 0 Å². The van der Waals surface area contributed by atoms with Crippen LogP contribution in [0.3, 0.4) is 0 Å². The summed E-state index contributed by atoms with van der Waals surface area (Å²) in [5.74, 6) is 0.163. The van der Waals surface area contributed by atoms with Crippen LogP contribution < -0.4 is 24.4 Å². The van der Waals surface area contributed by atoms with E-state index in [1.165, 1.54) is 36.0 Å². The van der Waals surface area contributed by atoms with E-state index in [2.05, 4.69) is 20.5 Å². The van der Waals surface area contributed by atoms with E-state index in [0.717, 1.165) is 18.2 Å². The molecule has 1 aromatic carbocycles. The zero-order valence-electron chi connectivity index (χ0n) is 23.2. The van der Waals surface area contributed by atoms with Gasteiger partial charge in [-0.2, -0.15) is 13.2 Å². The number of anilines is 2. The second-order valence-electron chi connectivity index (χ2n) is 9.26. The number of ether oxygens (including phenoxy) is 3. The summed E-state index contributed by atoms with van der Waals surface area (Å²) in [7, 11) is -2.58. The monoisotopic (exact) mass is 593 g/mol. The first-order chi connectivity index (χ1) is 18.4. The SMILES string of the molecule is CCn1cc(S(=O)(=O)N2CCOc3ccc(NC(=O)OC(C)(C)C(F)(F)F)cc32)c(OC(C)C)n1.CNC(C)=O. The summed E-state index contributed by atoms with van der Waals surface area (Å²) in [5.41, 5.74) is -2.63. The van der Waals surface area contributed by atoms with E-state index in [9.17, 15) is 31.2 Å². The Kier molecular flexibility index (Phi) is 10.3. The van der Waals surface area contributed by atoms with Crippen LogP contribution in [0.4, 0.5) is 29.3 Å². The Hall–Kier alpha value is -3.69. The normalized spacial score (nSPS) is 13.4. The van der Waals surface area contributed by atoms with E-state index < -0.39 is 27.9 Å². The summed E-state index contributed by atoms with van der Waals surface area (Å²) < 4.78 is 84.5. The summed E-state index contributed by atoms with van der Waals surface area (Å²) in [6.45, 7) is 8.60. The van der Waals surface area contributed by atoms with E-state index in [4.69, 9.17) is 9.47 Å². The Bertz CT molecular complexity index is 1310. The number of carbonyl (C=O) groups is 2. The molecule has 2 N–H and O–H groups in total. The van der Waals surface area contributed by atoms with Crippen LogP contribution in [0.15, 0.2) is 29.3 Å². The number of benzene rings is 1. The van der Waals surface area contributed by atoms with Gasteiger partial charge in [0.15, 0.2) is 4.90 Å². The molecule has 1 aromatic heterocycles. The molecule has 0 atom stereocenters. The molecule has 2 aromatic rings. The molecule has 0 bridgehead atoms.